The number of aliphatic imine (C=N–C) groups is 1. The quantitative estimate of drug-likeness (QED) is 0.583. The Morgan fingerprint density at radius 3 is 2.70 bits per heavy atom. The van der Waals surface area contributed by atoms with Crippen LogP contribution in [0.2, 0.25) is 0 Å². The van der Waals surface area contributed by atoms with Gasteiger partial charge < -0.3 is 19.9 Å². The van der Waals surface area contributed by atoms with E-state index in [0.29, 0.717) is 5.41 Å². The van der Waals surface area contributed by atoms with Crippen molar-refractivity contribution >= 4 is 5.96 Å². The summed E-state index contributed by atoms with van der Waals surface area (Å²) in [6.45, 7) is 6.09. The lowest BCUT2D eigenvalue weighted by Gasteiger charge is -2.38. The van der Waals surface area contributed by atoms with E-state index in [2.05, 4.69) is 27.2 Å². The van der Waals surface area contributed by atoms with Crippen LogP contribution in [0.15, 0.2) is 4.99 Å². The lowest BCUT2D eigenvalue weighted by atomic mass is 9.68. The molecule has 5 nitrogen and oxygen atoms in total. The van der Waals surface area contributed by atoms with Crippen LogP contribution in [0.4, 0.5) is 0 Å². The largest absolute Gasteiger partial charge is 0.383 e. The summed E-state index contributed by atoms with van der Waals surface area (Å²) in [4.78, 5) is 9.16. The summed E-state index contributed by atoms with van der Waals surface area (Å²) in [5.41, 5.74) is 0.632. The minimum Gasteiger partial charge on any atom is -0.383 e. The smallest absolute Gasteiger partial charge is 0.193 e. The van der Waals surface area contributed by atoms with Crippen LogP contribution in [-0.2, 0) is 4.74 Å². The molecule has 2 aliphatic rings. The first kappa shape index (κ1) is 15.6. The van der Waals surface area contributed by atoms with Gasteiger partial charge >= 0.3 is 0 Å². The van der Waals surface area contributed by atoms with E-state index < -0.39 is 0 Å². The van der Waals surface area contributed by atoms with Gasteiger partial charge in [-0.1, -0.05) is 6.42 Å². The molecule has 0 atom stereocenters. The van der Waals surface area contributed by atoms with Gasteiger partial charge in [0.05, 0.1) is 6.61 Å². The summed E-state index contributed by atoms with van der Waals surface area (Å²) in [6, 6.07) is 0. The molecule has 0 bridgehead atoms. The Bertz CT molecular complexity index is 328. The molecular formula is C15H30N4O. The van der Waals surface area contributed by atoms with Crippen LogP contribution in [0.5, 0.6) is 0 Å². The lowest BCUT2D eigenvalue weighted by Crippen LogP contribution is -2.44. The highest BCUT2D eigenvalue weighted by molar-refractivity contribution is 5.80. The zero-order valence-corrected chi connectivity index (χ0v) is 13.3. The first-order chi connectivity index (χ1) is 9.69. The number of ether oxygens (including phenoxy) is 1. The molecule has 1 N–H and O–H groups in total. The van der Waals surface area contributed by atoms with Crippen LogP contribution in [0.3, 0.4) is 0 Å². The van der Waals surface area contributed by atoms with Crippen LogP contribution >= 0.6 is 0 Å². The second-order valence-corrected chi connectivity index (χ2v) is 6.30. The summed E-state index contributed by atoms with van der Waals surface area (Å²) in [5, 5.41) is 3.50. The van der Waals surface area contributed by atoms with Crippen LogP contribution in [0.25, 0.3) is 0 Å². The van der Waals surface area contributed by atoms with Gasteiger partial charge in [0.15, 0.2) is 5.96 Å². The van der Waals surface area contributed by atoms with Crippen molar-refractivity contribution in [3.63, 3.8) is 0 Å². The van der Waals surface area contributed by atoms with Crippen molar-refractivity contribution in [1.29, 1.82) is 0 Å². The van der Waals surface area contributed by atoms with Gasteiger partial charge in [-0.2, -0.15) is 0 Å². The normalized spacial score (nSPS) is 21.6. The van der Waals surface area contributed by atoms with Crippen molar-refractivity contribution in [3.8, 4) is 0 Å². The summed E-state index contributed by atoms with van der Waals surface area (Å²) >= 11 is 0. The summed E-state index contributed by atoms with van der Waals surface area (Å²) in [7, 11) is 5.77. The van der Waals surface area contributed by atoms with E-state index in [4.69, 9.17) is 4.74 Å². The monoisotopic (exact) mass is 282 g/mol. The van der Waals surface area contributed by atoms with Gasteiger partial charge in [-0.05, 0) is 31.7 Å². The van der Waals surface area contributed by atoms with Gasteiger partial charge in [-0.25, -0.2) is 0 Å². The molecule has 1 saturated heterocycles. The van der Waals surface area contributed by atoms with Gasteiger partial charge in [0.1, 0.15) is 0 Å². The fraction of sp³-hybridized carbons (Fsp3) is 0.933. The van der Waals surface area contributed by atoms with Crippen molar-refractivity contribution in [2.75, 3.05) is 60.5 Å². The molecule has 1 heterocycles. The first-order valence-electron chi connectivity index (χ1n) is 7.82. The van der Waals surface area contributed by atoms with Crippen molar-refractivity contribution < 1.29 is 4.74 Å². The van der Waals surface area contributed by atoms with Crippen LogP contribution in [-0.4, -0.2) is 76.3 Å². The van der Waals surface area contributed by atoms with E-state index in [-0.39, 0.29) is 0 Å². The maximum Gasteiger partial charge on any atom is 0.193 e. The average Bonchev–Trinajstić information content (AvgIpc) is 2.86. The summed E-state index contributed by atoms with van der Waals surface area (Å²) < 4.78 is 5.09. The third-order valence-electron chi connectivity index (χ3n) is 4.82. The van der Waals surface area contributed by atoms with Crippen molar-refractivity contribution in [2.24, 2.45) is 10.4 Å². The number of guanidine groups is 1. The molecule has 1 aliphatic heterocycles. The third kappa shape index (κ3) is 3.85. The molecule has 0 unspecified atom stereocenters. The second kappa shape index (κ2) is 7.27. The lowest BCUT2D eigenvalue weighted by molar-refractivity contribution is 0.151. The fourth-order valence-corrected chi connectivity index (χ4v) is 3.25. The SMILES string of the molecule is CN=C(NCCN(C)CCOC)N1CCC2(CCC2)C1. The Balaban J connectivity index is 1.68. The van der Waals surface area contributed by atoms with Crippen molar-refractivity contribution in [1.82, 2.24) is 15.1 Å². The summed E-state index contributed by atoms with van der Waals surface area (Å²) in [6.07, 6.45) is 5.60. The zero-order chi connectivity index (χ0) is 14.4. The fourth-order valence-electron chi connectivity index (χ4n) is 3.25. The third-order valence-corrected chi connectivity index (χ3v) is 4.82. The second-order valence-electron chi connectivity index (χ2n) is 6.30. The molecule has 1 spiro atoms. The van der Waals surface area contributed by atoms with E-state index in [1.807, 2.05) is 7.05 Å². The molecule has 0 aromatic rings. The molecule has 5 heteroatoms. The molecule has 0 aromatic carbocycles. The average molecular weight is 282 g/mol. The highest BCUT2D eigenvalue weighted by atomic mass is 16.5. The number of hydrogen-bond acceptors (Lipinski definition) is 3. The minimum atomic E-state index is 0.632. The molecule has 0 radical (unpaired) electrons. The summed E-state index contributed by atoms with van der Waals surface area (Å²) in [5.74, 6) is 1.08. The van der Waals surface area contributed by atoms with Gasteiger partial charge in [0, 0.05) is 46.9 Å². The van der Waals surface area contributed by atoms with E-state index >= 15 is 0 Å². The van der Waals surface area contributed by atoms with E-state index in [0.717, 1.165) is 32.2 Å². The number of likely N-dealkylation sites (tertiary alicyclic amines) is 1. The van der Waals surface area contributed by atoms with E-state index in [9.17, 15) is 0 Å². The van der Waals surface area contributed by atoms with Crippen LogP contribution < -0.4 is 5.32 Å². The molecular weight excluding hydrogens is 252 g/mol. The molecule has 1 aliphatic carbocycles. The van der Waals surface area contributed by atoms with Crippen molar-refractivity contribution in [3.05, 3.63) is 0 Å². The molecule has 20 heavy (non-hydrogen) atoms. The van der Waals surface area contributed by atoms with Gasteiger partial charge in [0.2, 0.25) is 0 Å². The predicted octanol–water partition coefficient (Wildman–Crippen LogP) is 1.02. The number of likely N-dealkylation sites (N-methyl/N-ethyl adjacent to an activating group) is 1. The Morgan fingerprint density at radius 1 is 1.35 bits per heavy atom. The molecule has 2 fully saturated rings. The van der Waals surface area contributed by atoms with E-state index in [1.165, 1.54) is 38.8 Å². The van der Waals surface area contributed by atoms with Crippen LogP contribution in [0, 0.1) is 5.41 Å². The van der Waals surface area contributed by atoms with Gasteiger partial charge in [-0.15, -0.1) is 0 Å². The maximum atomic E-state index is 5.09. The highest BCUT2D eigenvalue weighted by Gasteiger charge is 2.43. The number of nitrogens with one attached hydrogen (secondary N) is 1. The van der Waals surface area contributed by atoms with Gasteiger partial charge in [-0.3, -0.25) is 4.99 Å². The zero-order valence-electron chi connectivity index (χ0n) is 13.3. The van der Waals surface area contributed by atoms with Crippen molar-refractivity contribution in [2.45, 2.75) is 25.7 Å². The Kier molecular flexibility index (Phi) is 5.66. The number of rotatable bonds is 6. The standard InChI is InChI=1S/C15H30N4O/c1-16-14(17-8-10-18(2)11-12-20-3)19-9-7-15(13-19)5-4-6-15/h4-13H2,1-3H3,(H,16,17). The highest BCUT2D eigenvalue weighted by Crippen LogP contribution is 2.47. The number of hydrogen-bond donors (Lipinski definition) is 1. The predicted molar refractivity (Wildman–Crippen MR) is 83.2 cm³/mol. The maximum absolute atomic E-state index is 5.09. The molecule has 0 amide bonds. The van der Waals surface area contributed by atoms with Gasteiger partial charge in [0.25, 0.3) is 0 Å². The molecule has 0 aromatic heterocycles. The minimum absolute atomic E-state index is 0.632. The number of nitrogens with zero attached hydrogens (tertiary/aromatic N) is 3. The topological polar surface area (TPSA) is 40.1 Å². The van der Waals surface area contributed by atoms with E-state index in [1.54, 1.807) is 7.11 Å². The molecule has 1 saturated carbocycles. The molecule has 116 valence electrons. The number of methoxy groups -OCH3 is 1. The van der Waals surface area contributed by atoms with Crippen LogP contribution in [0.1, 0.15) is 25.7 Å². The Morgan fingerprint density at radius 2 is 2.15 bits per heavy atom. The Hall–Kier alpha value is -0.810. The molecule has 2 rings (SSSR count). The Labute approximate surface area is 123 Å². The first-order valence-corrected chi connectivity index (χ1v) is 7.82.